The number of hydrogen-bond acceptors (Lipinski definition) is 5. The third-order valence-corrected chi connectivity index (χ3v) is 7.22. The lowest BCUT2D eigenvalue weighted by molar-refractivity contribution is -0.140. The highest BCUT2D eigenvalue weighted by atomic mass is 16.6. The Labute approximate surface area is 214 Å². The van der Waals surface area contributed by atoms with Gasteiger partial charge in [0.25, 0.3) is 5.91 Å². The number of oxime groups is 1. The second-order valence-electron chi connectivity index (χ2n) is 10.4. The molecule has 6 nitrogen and oxygen atoms in total. The van der Waals surface area contributed by atoms with E-state index in [0.717, 1.165) is 23.3 Å². The van der Waals surface area contributed by atoms with Crippen molar-refractivity contribution < 1.29 is 19.2 Å². The van der Waals surface area contributed by atoms with Gasteiger partial charge in [-0.15, -0.1) is 0 Å². The molecule has 2 aliphatic heterocycles. The van der Waals surface area contributed by atoms with Crippen molar-refractivity contribution in [3.63, 3.8) is 0 Å². The summed E-state index contributed by atoms with van der Waals surface area (Å²) in [6, 6.07) is 17.8. The first-order valence-electron chi connectivity index (χ1n) is 13.3. The number of imide groups is 1. The molecule has 0 N–H and O–H groups in total. The van der Waals surface area contributed by atoms with Gasteiger partial charge in [-0.2, -0.15) is 0 Å². The summed E-state index contributed by atoms with van der Waals surface area (Å²) in [4.78, 5) is 32.9. The largest absolute Gasteiger partial charge is 0.441 e. The third kappa shape index (κ3) is 6.15. The van der Waals surface area contributed by atoms with Crippen molar-refractivity contribution in [2.45, 2.75) is 96.3 Å². The topological polar surface area (TPSA) is 68.2 Å². The van der Waals surface area contributed by atoms with Crippen LogP contribution in [0, 0.1) is 0 Å². The first-order chi connectivity index (χ1) is 17.4. The van der Waals surface area contributed by atoms with Crippen LogP contribution in [0.15, 0.2) is 59.8 Å². The molecular weight excluding hydrogens is 452 g/mol. The molecule has 1 saturated heterocycles. The standard InChI is InChI=1S/C30H38N2O4/c1-4-5-6-7-8-10-13-22-16-18-24(19-17-22)25-21-26(36-31-25)28(33)32-27(30(2,3)35-29(32)34)20-23-14-11-9-12-15-23/h9,11-12,14-19,26-27H,4-8,10,13,20-21H2,1-3H3/t26-,27-/m0/s1. The minimum Gasteiger partial charge on any atom is -0.441 e. The lowest BCUT2D eigenvalue weighted by atomic mass is 9.91. The molecule has 2 heterocycles. The summed E-state index contributed by atoms with van der Waals surface area (Å²) in [6.45, 7) is 5.93. The van der Waals surface area contributed by atoms with Gasteiger partial charge in [-0.3, -0.25) is 4.79 Å². The Morgan fingerprint density at radius 3 is 2.39 bits per heavy atom. The van der Waals surface area contributed by atoms with Crippen LogP contribution in [0.3, 0.4) is 0 Å². The molecule has 36 heavy (non-hydrogen) atoms. The molecule has 6 heteroatoms. The predicted molar refractivity (Wildman–Crippen MR) is 141 cm³/mol. The van der Waals surface area contributed by atoms with Crippen molar-refractivity contribution in [3.05, 3.63) is 71.3 Å². The second kappa shape index (κ2) is 11.7. The molecule has 2 aromatic carbocycles. The van der Waals surface area contributed by atoms with E-state index in [2.05, 4.69) is 24.2 Å². The van der Waals surface area contributed by atoms with Crippen LogP contribution >= 0.6 is 0 Å². The molecule has 2 atom stereocenters. The molecule has 2 aliphatic rings. The van der Waals surface area contributed by atoms with Gasteiger partial charge in [0.15, 0.2) is 0 Å². The molecule has 0 radical (unpaired) electrons. The Kier molecular flexibility index (Phi) is 8.44. The highest BCUT2D eigenvalue weighted by Gasteiger charge is 2.52. The predicted octanol–water partition coefficient (Wildman–Crippen LogP) is 6.45. The molecule has 1 fully saturated rings. The Morgan fingerprint density at radius 1 is 0.972 bits per heavy atom. The number of aryl methyl sites for hydroxylation is 1. The van der Waals surface area contributed by atoms with Gasteiger partial charge in [0.2, 0.25) is 6.10 Å². The summed E-state index contributed by atoms with van der Waals surface area (Å²) in [7, 11) is 0. The number of rotatable bonds is 11. The summed E-state index contributed by atoms with van der Waals surface area (Å²) in [6.07, 6.45) is 8.18. The van der Waals surface area contributed by atoms with Crippen molar-refractivity contribution in [3.8, 4) is 0 Å². The van der Waals surface area contributed by atoms with E-state index in [-0.39, 0.29) is 0 Å². The number of nitrogens with zero attached hydrogens (tertiary/aromatic N) is 2. The minimum atomic E-state index is -0.831. The van der Waals surface area contributed by atoms with Crippen molar-refractivity contribution in [2.75, 3.05) is 0 Å². The van der Waals surface area contributed by atoms with E-state index < -0.39 is 29.7 Å². The van der Waals surface area contributed by atoms with Crippen LogP contribution in [0.1, 0.15) is 82.4 Å². The highest BCUT2D eigenvalue weighted by Crippen LogP contribution is 2.33. The van der Waals surface area contributed by atoms with Crippen LogP contribution in [-0.2, 0) is 27.2 Å². The molecule has 4 rings (SSSR count). The molecule has 0 spiro atoms. The molecule has 0 bridgehead atoms. The average Bonchev–Trinajstić information content (AvgIpc) is 3.44. The summed E-state index contributed by atoms with van der Waals surface area (Å²) in [5.74, 6) is -0.398. The Balaban J connectivity index is 1.34. The molecule has 0 aromatic heterocycles. The second-order valence-corrected chi connectivity index (χ2v) is 10.4. The highest BCUT2D eigenvalue weighted by molar-refractivity contribution is 6.06. The maximum Gasteiger partial charge on any atom is 0.417 e. The zero-order valence-electron chi connectivity index (χ0n) is 21.7. The maximum atomic E-state index is 13.4. The Bertz CT molecular complexity index is 1060. The normalized spacial score (nSPS) is 20.7. The molecule has 2 amide bonds. The van der Waals surface area contributed by atoms with Gasteiger partial charge in [-0.05, 0) is 49.8 Å². The van der Waals surface area contributed by atoms with E-state index in [4.69, 9.17) is 9.57 Å². The van der Waals surface area contributed by atoms with Crippen LogP contribution in [-0.4, -0.2) is 40.4 Å². The summed E-state index contributed by atoms with van der Waals surface area (Å²) >= 11 is 0. The lowest BCUT2D eigenvalue weighted by Gasteiger charge is -2.28. The Morgan fingerprint density at radius 2 is 1.67 bits per heavy atom. The molecule has 0 aliphatic carbocycles. The first kappa shape index (κ1) is 25.9. The number of ether oxygens (including phenoxy) is 1. The zero-order chi connectivity index (χ0) is 25.5. The molecule has 0 saturated carbocycles. The number of amides is 2. The van der Waals surface area contributed by atoms with E-state index >= 15 is 0 Å². The molecule has 192 valence electrons. The van der Waals surface area contributed by atoms with Gasteiger partial charge >= 0.3 is 6.09 Å². The molecular formula is C30H38N2O4. The smallest absolute Gasteiger partial charge is 0.417 e. The summed E-state index contributed by atoms with van der Waals surface area (Å²) in [5.41, 5.74) is 3.23. The van der Waals surface area contributed by atoms with E-state index in [0.29, 0.717) is 12.8 Å². The van der Waals surface area contributed by atoms with Crippen LogP contribution in [0.4, 0.5) is 4.79 Å². The molecule has 2 aromatic rings. The molecule has 0 unspecified atom stereocenters. The van der Waals surface area contributed by atoms with E-state index in [1.54, 1.807) is 0 Å². The SMILES string of the molecule is CCCCCCCCc1ccc(C2=NO[C@H](C(=O)N3C(=O)OC(C)(C)[C@@H]3Cc3ccccc3)C2)cc1. The van der Waals surface area contributed by atoms with Crippen molar-refractivity contribution in [2.24, 2.45) is 5.16 Å². The number of unbranched alkanes of at least 4 members (excludes halogenated alkanes) is 5. The Hall–Kier alpha value is -3.15. The first-order valence-corrected chi connectivity index (χ1v) is 13.3. The fraction of sp³-hybridized carbons (Fsp3) is 0.500. The van der Waals surface area contributed by atoms with Crippen molar-refractivity contribution >= 4 is 17.7 Å². The maximum absolute atomic E-state index is 13.4. The number of carbonyl (C=O) groups is 2. The zero-order valence-corrected chi connectivity index (χ0v) is 21.7. The fourth-order valence-corrected chi connectivity index (χ4v) is 5.01. The number of carbonyl (C=O) groups excluding carboxylic acids is 2. The monoisotopic (exact) mass is 490 g/mol. The van der Waals surface area contributed by atoms with Crippen LogP contribution in [0.25, 0.3) is 0 Å². The minimum absolute atomic E-state index is 0.331. The van der Waals surface area contributed by atoms with Crippen LogP contribution in [0.5, 0.6) is 0 Å². The van der Waals surface area contributed by atoms with Crippen molar-refractivity contribution in [1.82, 2.24) is 4.90 Å². The van der Waals surface area contributed by atoms with Gasteiger partial charge < -0.3 is 9.57 Å². The van der Waals surface area contributed by atoms with Crippen LogP contribution < -0.4 is 0 Å². The lowest BCUT2D eigenvalue weighted by Crippen LogP contribution is -2.49. The van der Waals surface area contributed by atoms with Crippen LogP contribution in [0.2, 0.25) is 0 Å². The van der Waals surface area contributed by atoms with Gasteiger partial charge in [-0.25, -0.2) is 9.69 Å². The van der Waals surface area contributed by atoms with E-state index in [1.807, 2.05) is 56.3 Å². The van der Waals surface area contributed by atoms with Gasteiger partial charge in [0.1, 0.15) is 5.60 Å². The van der Waals surface area contributed by atoms with E-state index in [9.17, 15) is 9.59 Å². The number of cyclic esters (lactones) is 1. The van der Waals surface area contributed by atoms with Gasteiger partial charge in [0, 0.05) is 6.42 Å². The van der Waals surface area contributed by atoms with Crippen molar-refractivity contribution in [1.29, 1.82) is 0 Å². The summed E-state index contributed by atoms with van der Waals surface area (Å²) < 4.78 is 5.58. The number of hydrogen-bond donors (Lipinski definition) is 0. The van der Waals surface area contributed by atoms with E-state index in [1.165, 1.54) is 49.0 Å². The quantitative estimate of drug-likeness (QED) is 0.339. The number of benzene rings is 2. The third-order valence-electron chi connectivity index (χ3n) is 7.22. The van der Waals surface area contributed by atoms with Gasteiger partial charge in [-0.1, -0.05) is 98.8 Å². The summed E-state index contributed by atoms with van der Waals surface area (Å²) in [5, 5.41) is 4.20. The van der Waals surface area contributed by atoms with Gasteiger partial charge in [0.05, 0.1) is 11.8 Å². The fourth-order valence-electron chi connectivity index (χ4n) is 5.01. The average molecular weight is 491 g/mol.